The quantitative estimate of drug-likeness (QED) is 0.450. The van der Waals surface area contributed by atoms with E-state index in [1.807, 2.05) is 0 Å². The molecule has 0 unspecified atom stereocenters. The van der Waals surface area contributed by atoms with Crippen LogP contribution in [0, 0.1) is 0 Å². The molecule has 1 aromatic heterocycles. The van der Waals surface area contributed by atoms with Crippen LogP contribution in [-0.4, -0.2) is 57.5 Å². The van der Waals surface area contributed by atoms with Crippen molar-refractivity contribution in [1.82, 2.24) is 20.2 Å². The van der Waals surface area contributed by atoms with Gasteiger partial charge in [-0.15, -0.1) is 5.10 Å². The number of ketones is 1. The third kappa shape index (κ3) is 4.43. The third-order valence-electron chi connectivity index (χ3n) is 3.74. The SMILES string of the molecule is CS(=O)(=O)c1ccc(C(=O)CSc2nnnn2-c2ccc(C(=O)O)cc2)cc1. The minimum absolute atomic E-state index is 0.0474. The maximum atomic E-state index is 12.4. The molecule has 0 aliphatic carbocycles. The minimum atomic E-state index is -3.32. The summed E-state index contributed by atoms with van der Waals surface area (Å²) in [6.45, 7) is 0. The average Bonchev–Trinajstić information content (AvgIpc) is 3.14. The monoisotopic (exact) mass is 418 g/mol. The smallest absolute Gasteiger partial charge is 0.335 e. The molecular weight excluding hydrogens is 404 g/mol. The van der Waals surface area contributed by atoms with E-state index < -0.39 is 15.8 Å². The number of nitrogens with zero attached hydrogens (tertiary/aromatic N) is 4. The predicted octanol–water partition coefficient (Wildman–Crippen LogP) is 1.74. The summed E-state index contributed by atoms with van der Waals surface area (Å²) in [6.07, 6.45) is 1.10. The molecule has 0 atom stereocenters. The number of hydrogen-bond donors (Lipinski definition) is 1. The summed E-state index contributed by atoms with van der Waals surface area (Å²) in [5.74, 6) is -1.20. The van der Waals surface area contributed by atoms with E-state index in [-0.39, 0.29) is 22.0 Å². The first kappa shape index (κ1) is 19.7. The number of Topliss-reactive ketones (excluding diaryl/α,β-unsaturated/α-hetero) is 1. The Morgan fingerprint density at radius 2 is 1.64 bits per heavy atom. The van der Waals surface area contributed by atoms with E-state index in [0.29, 0.717) is 16.4 Å². The summed E-state index contributed by atoms with van der Waals surface area (Å²) in [5, 5.41) is 20.7. The summed E-state index contributed by atoms with van der Waals surface area (Å²) in [4.78, 5) is 23.4. The Kier molecular flexibility index (Phi) is 5.56. The molecular formula is C17H14N4O5S2. The van der Waals surface area contributed by atoms with Crippen LogP contribution in [0.1, 0.15) is 20.7 Å². The van der Waals surface area contributed by atoms with Gasteiger partial charge in [-0.05, 0) is 46.8 Å². The number of thioether (sulfide) groups is 1. The summed E-state index contributed by atoms with van der Waals surface area (Å²) < 4.78 is 24.4. The van der Waals surface area contributed by atoms with Crippen molar-refractivity contribution in [2.75, 3.05) is 12.0 Å². The van der Waals surface area contributed by atoms with Gasteiger partial charge in [-0.25, -0.2) is 13.2 Å². The number of sulfone groups is 1. The van der Waals surface area contributed by atoms with Crippen LogP contribution in [0.2, 0.25) is 0 Å². The number of carboxylic acids is 1. The molecule has 0 saturated carbocycles. The fourth-order valence-electron chi connectivity index (χ4n) is 2.28. The number of carbonyl (C=O) groups is 2. The van der Waals surface area contributed by atoms with Gasteiger partial charge in [0.05, 0.1) is 21.9 Å². The summed E-state index contributed by atoms with van der Waals surface area (Å²) in [5.41, 5.74) is 1.07. The van der Waals surface area contributed by atoms with Gasteiger partial charge in [0.1, 0.15) is 0 Å². The number of tetrazole rings is 1. The van der Waals surface area contributed by atoms with Crippen LogP contribution in [0.5, 0.6) is 0 Å². The molecule has 0 radical (unpaired) electrons. The summed E-state index contributed by atoms with van der Waals surface area (Å²) >= 11 is 1.11. The molecule has 11 heteroatoms. The van der Waals surface area contributed by atoms with E-state index in [1.54, 1.807) is 12.1 Å². The minimum Gasteiger partial charge on any atom is -0.478 e. The normalized spacial score (nSPS) is 11.3. The molecule has 0 amide bonds. The van der Waals surface area contributed by atoms with Crippen LogP contribution in [0.25, 0.3) is 5.69 Å². The molecule has 0 spiro atoms. The molecule has 0 aliphatic heterocycles. The Labute approximate surface area is 164 Å². The second-order valence-corrected chi connectivity index (χ2v) is 8.69. The summed E-state index contributed by atoms with van der Waals surface area (Å²) in [6, 6.07) is 11.7. The number of hydrogen-bond acceptors (Lipinski definition) is 8. The zero-order chi connectivity index (χ0) is 20.3. The van der Waals surface area contributed by atoms with Crippen molar-refractivity contribution in [1.29, 1.82) is 0 Å². The number of carbonyl (C=O) groups excluding carboxylic acids is 1. The Morgan fingerprint density at radius 1 is 1.04 bits per heavy atom. The van der Waals surface area contributed by atoms with Gasteiger partial charge in [-0.3, -0.25) is 4.79 Å². The predicted molar refractivity (Wildman–Crippen MR) is 101 cm³/mol. The number of aromatic carboxylic acids is 1. The third-order valence-corrected chi connectivity index (χ3v) is 5.78. The van der Waals surface area contributed by atoms with Crippen molar-refractivity contribution in [3.8, 4) is 5.69 Å². The maximum absolute atomic E-state index is 12.4. The average molecular weight is 418 g/mol. The number of aromatic nitrogens is 4. The molecule has 2 aromatic carbocycles. The van der Waals surface area contributed by atoms with Crippen molar-refractivity contribution < 1.29 is 23.1 Å². The van der Waals surface area contributed by atoms with Gasteiger partial charge in [0, 0.05) is 11.8 Å². The lowest BCUT2D eigenvalue weighted by molar-refractivity contribution is 0.0696. The van der Waals surface area contributed by atoms with Gasteiger partial charge in [0.2, 0.25) is 5.16 Å². The van der Waals surface area contributed by atoms with E-state index in [1.165, 1.54) is 41.1 Å². The number of rotatable bonds is 7. The van der Waals surface area contributed by atoms with Gasteiger partial charge in [-0.1, -0.05) is 23.9 Å². The standard InChI is InChI=1S/C17H14N4O5S2/c1-28(25,26)14-8-4-11(5-9-14)15(22)10-27-17-18-19-20-21(17)13-6-2-12(3-7-13)16(23)24/h2-9H,10H2,1H3,(H,23,24). The number of benzene rings is 2. The molecule has 144 valence electrons. The highest BCUT2D eigenvalue weighted by atomic mass is 32.2. The Hall–Kier alpha value is -3.05. The fourth-order valence-corrected chi connectivity index (χ4v) is 3.69. The van der Waals surface area contributed by atoms with E-state index in [4.69, 9.17) is 5.11 Å². The van der Waals surface area contributed by atoms with Gasteiger partial charge in [-0.2, -0.15) is 4.68 Å². The molecule has 3 aromatic rings. The second-order valence-electron chi connectivity index (χ2n) is 5.73. The van der Waals surface area contributed by atoms with E-state index in [2.05, 4.69) is 15.5 Å². The van der Waals surface area contributed by atoms with Gasteiger partial charge in [0.15, 0.2) is 15.6 Å². The Morgan fingerprint density at radius 3 is 2.21 bits per heavy atom. The zero-order valence-electron chi connectivity index (χ0n) is 14.5. The lowest BCUT2D eigenvalue weighted by Gasteiger charge is -2.05. The topological polar surface area (TPSA) is 132 Å². The van der Waals surface area contributed by atoms with Crippen molar-refractivity contribution in [2.24, 2.45) is 0 Å². The van der Waals surface area contributed by atoms with Gasteiger partial charge >= 0.3 is 5.97 Å². The molecule has 1 heterocycles. The van der Waals surface area contributed by atoms with Crippen molar-refractivity contribution in [2.45, 2.75) is 10.1 Å². The number of carboxylic acid groups (broad SMARTS) is 1. The van der Waals surface area contributed by atoms with Crippen molar-refractivity contribution >= 4 is 33.4 Å². The van der Waals surface area contributed by atoms with Crippen LogP contribution in [-0.2, 0) is 9.84 Å². The lowest BCUT2D eigenvalue weighted by atomic mass is 10.1. The van der Waals surface area contributed by atoms with Gasteiger partial charge in [0.25, 0.3) is 0 Å². The van der Waals surface area contributed by atoms with E-state index >= 15 is 0 Å². The van der Waals surface area contributed by atoms with E-state index in [9.17, 15) is 18.0 Å². The first-order chi connectivity index (χ1) is 13.3. The molecule has 1 N–H and O–H groups in total. The highest BCUT2D eigenvalue weighted by Gasteiger charge is 2.14. The van der Waals surface area contributed by atoms with Crippen LogP contribution >= 0.6 is 11.8 Å². The lowest BCUT2D eigenvalue weighted by Crippen LogP contribution is -2.06. The van der Waals surface area contributed by atoms with Crippen LogP contribution in [0.15, 0.2) is 58.6 Å². The Balaban J connectivity index is 1.71. The highest BCUT2D eigenvalue weighted by molar-refractivity contribution is 7.99. The fraction of sp³-hybridized carbons (Fsp3) is 0.118. The first-order valence-electron chi connectivity index (χ1n) is 7.84. The molecule has 0 fully saturated rings. The largest absolute Gasteiger partial charge is 0.478 e. The van der Waals surface area contributed by atoms with Crippen LogP contribution in [0.4, 0.5) is 0 Å². The summed E-state index contributed by atoms with van der Waals surface area (Å²) in [7, 11) is -3.32. The molecule has 0 bridgehead atoms. The Bertz CT molecular complexity index is 1120. The zero-order valence-corrected chi connectivity index (χ0v) is 16.1. The molecule has 28 heavy (non-hydrogen) atoms. The highest BCUT2D eigenvalue weighted by Crippen LogP contribution is 2.20. The molecule has 0 saturated heterocycles. The van der Waals surface area contributed by atoms with Gasteiger partial charge < -0.3 is 5.11 Å². The molecule has 9 nitrogen and oxygen atoms in total. The molecule has 3 rings (SSSR count). The van der Waals surface area contributed by atoms with Crippen molar-refractivity contribution in [3.63, 3.8) is 0 Å². The van der Waals surface area contributed by atoms with Crippen LogP contribution < -0.4 is 0 Å². The second kappa shape index (κ2) is 7.90. The maximum Gasteiger partial charge on any atom is 0.335 e. The van der Waals surface area contributed by atoms with E-state index in [0.717, 1.165) is 18.0 Å². The molecule has 0 aliphatic rings. The first-order valence-corrected chi connectivity index (χ1v) is 10.7. The van der Waals surface area contributed by atoms with Crippen molar-refractivity contribution in [3.05, 3.63) is 59.7 Å². The van der Waals surface area contributed by atoms with Crippen LogP contribution in [0.3, 0.4) is 0 Å².